The van der Waals surface area contributed by atoms with Gasteiger partial charge >= 0.3 is 0 Å². The first-order chi connectivity index (χ1) is 10.8. The van der Waals surface area contributed by atoms with Crippen molar-refractivity contribution in [3.63, 3.8) is 0 Å². The van der Waals surface area contributed by atoms with Gasteiger partial charge < -0.3 is 10.2 Å². The Kier molecular flexibility index (Phi) is 4.93. The molecule has 2 aromatic rings. The van der Waals surface area contributed by atoms with Crippen LogP contribution in [0.4, 0.5) is 15.8 Å². The first-order valence-electron chi connectivity index (χ1n) is 8.01. The fourth-order valence-electron chi connectivity index (χ4n) is 2.88. The number of anilines is 2. The summed E-state index contributed by atoms with van der Waals surface area (Å²) in [6.07, 6.45) is 7.59. The number of piperidine rings is 1. The maximum absolute atomic E-state index is 12.3. The SMILES string of the molecule is FCCn1cc(CNc2cccc(N3CCCCC3)c2)cn1. The summed E-state index contributed by atoms with van der Waals surface area (Å²) in [5, 5.41) is 7.56. The van der Waals surface area contributed by atoms with Gasteiger partial charge in [-0.05, 0) is 37.5 Å². The van der Waals surface area contributed by atoms with Gasteiger partial charge in [0.15, 0.2) is 0 Å². The summed E-state index contributed by atoms with van der Waals surface area (Å²) in [7, 11) is 0. The highest BCUT2D eigenvalue weighted by atomic mass is 19.1. The molecule has 1 aliphatic rings. The highest BCUT2D eigenvalue weighted by Crippen LogP contribution is 2.23. The largest absolute Gasteiger partial charge is 0.381 e. The molecule has 3 rings (SSSR count). The van der Waals surface area contributed by atoms with Crippen LogP contribution in [-0.4, -0.2) is 29.5 Å². The van der Waals surface area contributed by atoms with Gasteiger partial charge in [-0.1, -0.05) is 6.07 Å². The number of benzene rings is 1. The molecular formula is C17H23FN4. The normalized spacial score (nSPS) is 15.0. The number of aromatic nitrogens is 2. The van der Waals surface area contributed by atoms with Gasteiger partial charge in [0.1, 0.15) is 6.67 Å². The topological polar surface area (TPSA) is 33.1 Å². The summed E-state index contributed by atoms with van der Waals surface area (Å²) in [4.78, 5) is 2.45. The van der Waals surface area contributed by atoms with Gasteiger partial charge in [-0.25, -0.2) is 4.39 Å². The van der Waals surface area contributed by atoms with E-state index in [1.54, 1.807) is 10.9 Å². The number of halogens is 1. The Labute approximate surface area is 130 Å². The van der Waals surface area contributed by atoms with Crippen LogP contribution >= 0.6 is 0 Å². The van der Waals surface area contributed by atoms with Gasteiger partial charge in [0, 0.05) is 42.8 Å². The highest BCUT2D eigenvalue weighted by molar-refractivity contribution is 5.58. The summed E-state index contributed by atoms with van der Waals surface area (Å²) in [6, 6.07) is 8.56. The molecule has 0 radical (unpaired) electrons. The van der Waals surface area contributed by atoms with Crippen LogP contribution in [0.25, 0.3) is 0 Å². The molecule has 0 aliphatic carbocycles. The van der Waals surface area contributed by atoms with Gasteiger partial charge in [-0.3, -0.25) is 4.68 Å². The smallest absolute Gasteiger partial charge is 0.109 e. The lowest BCUT2D eigenvalue weighted by molar-refractivity contribution is 0.427. The van der Waals surface area contributed by atoms with Gasteiger partial charge in [-0.2, -0.15) is 5.10 Å². The van der Waals surface area contributed by atoms with E-state index in [0.717, 1.165) is 24.3 Å². The molecule has 1 aromatic heterocycles. The molecule has 22 heavy (non-hydrogen) atoms. The van der Waals surface area contributed by atoms with Crippen molar-refractivity contribution < 1.29 is 4.39 Å². The van der Waals surface area contributed by atoms with Gasteiger partial charge in [-0.15, -0.1) is 0 Å². The van der Waals surface area contributed by atoms with Crippen molar-refractivity contribution in [2.75, 3.05) is 30.0 Å². The molecule has 0 saturated carbocycles. The quantitative estimate of drug-likeness (QED) is 0.887. The number of alkyl halides is 1. The average molecular weight is 302 g/mol. The van der Waals surface area contributed by atoms with Crippen molar-refractivity contribution in [3.8, 4) is 0 Å². The van der Waals surface area contributed by atoms with Crippen LogP contribution in [0.15, 0.2) is 36.7 Å². The van der Waals surface area contributed by atoms with Crippen molar-refractivity contribution in [2.24, 2.45) is 0 Å². The van der Waals surface area contributed by atoms with Crippen molar-refractivity contribution in [2.45, 2.75) is 32.4 Å². The van der Waals surface area contributed by atoms with Crippen molar-refractivity contribution in [1.82, 2.24) is 9.78 Å². The Bertz CT molecular complexity index is 590. The molecule has 0 amide bonds. The Morgan fingerprint density at radius 3 is 2.86 bits per heavy atom. The molecule has 1 N–H and O–H groups in total. The van der Waals surface area contributed by atoms with E-state index in [1.165, 1.54) is 24.9 Å². The monoisotopic (exact) mass is 302 g/mol. The zero-order valence-corrected chi connectivity index (χ0v) is 12.8. The maximum atomic E-state index is 12.3. The standard InChI is InChI=1S/C17H23FN4/c18-7-10-22-14-15(13-20-22)12-19-16-5-4-6-17(11-16)21-8-2-1-3-9-21/h4-6,11,13-14,19H,1-3,7-10,12H2. The zero-order chi connectivity index (χ0) is 15.2. The molecule has 1 aromatic carbocycles. The summed E-state index contributed by atoms with van der Waals surface area (Å²) in [5.74, 6) is 0. The van der Waals surface area contributed by atoms with Crippen LogP contribution in [0.5, 0.6) is 0 Å². The third kappa shape index (κ3) is 3.78. The summed E-state index contributed by atoms with van der Waals surface area (Å²) < 4.78 is 13.9. The van der Waals surface area contributed by atoms with Crippen LogP contribution < -0.4 is 10.2 Å². The van der Waals surface area contributed by atoms with Crippen molar-refractivity contribution in [3.05, 3.63) is 42.2 Å². The fourth-order valence-corrected chi connectivity index (χ4v) is 2.88. The molecule has 0 atom stereocenters. The Morgan fingerprint density at radius 2 is 2.05 bits per heavy atom. The number of hydrogen-bond acceptors (Lipinski definition) is 3. The third-order valence-corrected chi connectivity index (χ3v) is 4.06. The molecule has 0 unspecified atom stereocenters. The Balaban J connectivity index is 1.59. The molecule has 5 heteroatoms. The molecule has 4 nitrogen and oxygen atoms in total. The lowest BCUT2D eigenvalue weighted by Gasteiger charge is -2.29. The predicted molar refractivity (Wildman–Crippen MR) is 88.0 cm³/mol. The second-order valence-corrected chi connectivity index (χ2v) is 5.75. The molecule has 1 fully saturated rings. The van der Waals surface area contributed by atoms with Crippen LogP contribution in [0, 0.1) is 0 Å². The minimum Gasteiger partial charge on any atom is -0.381 e. The lowest BCUT2D eigenvalue weighted by Crippen LogP contribution is -2.29. The van der Waals surface area contributed by atoms with Crippen LogP contribution in [0.1, 0.15) is 24.8 Å². The van der Waals surface area contributed by atoms with E-state index in [-0.39, 0.29) is 6.67 Å². The van der Waals surface area contributed by atoms with E-state index in [4.69, 9.17) is 0 Å². The van der Waals surface area contributed by atoms with E-state index in [0.29, 0.717) is 13.1 Å². The van der Waals surface area contributed by atoms with Gasteiger partial charge in [0.05, 0.1) is 12.7 Å². The van der Waals surface area contributed by atoms with E-state index in [2.05, 4.69) is 39.6 Å². The number of aryl methyl sites for hydroxylation is 1. The van der Waals surface area contributed by atoms with E-state index in [1.807, 2.05) is 6.20 Å². The molecule has 0 spiro atoms. The van der Waals surface area contributed by atoms with Crippen molar-refractivity contribution in [1.29, 1.82) is 0 Å². The first-order valence-corrected chi connectivity index (χ1v) is 8.01. The second-order valence-electron chi connectivity index (χ2n) is 5.75. The van der Waals surface area contributed by atoms with E-state index in [9.17, 15) is 4.39 Å². The number of nitrogens with zero attached hydrogens (tertiary/aromatic N) is 3. The molecule has 1 saturated heterocycles. The number of hydrogen-bond donors (Lipinski definition) is 1. The van der Waals surface area contributed by atoms with Crippen LogP contribution in [-0.2, 0) is 13.1 Å². The van der Waals surface area contributed by atoms with Gasteiger partial charge in [0.25, 0.3) is 0 Å². The summed E-state index contributed by atoms with van der Waals surface area (Å²) in [6.45, 7) is 2.95. The van der Waals surface area contributed by atoms with Crippen LogP contribution in [0.2, 0.25) is 0 Å². The minimum absolute atomic E-state index is 0.324. The summed E-state index contributed by atoms with van der Waals surface area (Å²) >= 11 is 0. The highest BCUT2D eigenvalue weighted by Gasteiger charge is 2.11. The first kappa shape index (κ1) is 14.9. The van der Waals surface area contributed by atoms with E-state index >= 15 is 0 Å². The molecule has 1 aliphatic heterocycles. The average Bonchev–Trinajstić information content (AvgIpc) is 3.02. The predicted octanol–water partition coefficient (Wildman–Crippen LogP) is 3.46. The molecule has 118 valence electrons. The fraction of sp³-hybridized carbons (Fsp3) is 0.471. The van der Waals surface area contributed by atoms with Crippen LogP contribution in [0.3, 0.4) is 0 Å². The molecule has 2 heterocycles. The molecular weight excluding hydrogens is 279 g/mol. The van der Waals surface area contributed by atoms with Gasteiger partial charge in [0.2, 0.25) is 0 Å². The second kappa shape index (κ2) is 7.29. The Morgan fingerprint density at radius 1 is 1.18 bits per heavy atom. The Hall–Kier alpha value is -2.04. The third-order valence-electron chi connectivity index (χ3n) is 4.06. The maximum Gasteiger partial charge on any atom is 0.109 e. The number of rotatable bonds is 6. The van der Waals surface area contributed by atoms with E-state index < -0.39 is 0 Å². The molecule has 0 bridgehead atoms. The lowest BCUT2D eigenvalue weighted by atomic mass is 10.1. The minimum atomic E-state index is -0.383. The van der Waals surface area contributed by atoms with Crippen molar-refractivity contribution >= 4 is 11.4 Å². The zero-order valence-electron chi connectivity index (χ0n) is 12.8. The summed E-state index contributed by atoms with van der Waals surface area (Å²) in [5.41, 5.74) is 3.47. The number of nitrogens with one attached hydrogen (secondary N) is 1.